The third-order valence-corrected chi connectivity index (χ3v) is 4.31. The van der Waals surface area contributed by atoms with Gasteiger partial charge in [-0.05, 0) is 35.2 Å². The molecule has 2 aromatic heterocycles. The van der Waals surface area contributed by atoms with Crippen molar-refractivity contribution in [2.45, 2.75) is 13.2 Å². The van der Waals surface area contributed by atoms with Gasteiger partial charge in [-0.1, -0.05) is 18.2 Å². The second-order valence-electron chi connectivity index (χ2n) is 5.75. The SMILES string of the molecule is N#CCn1ccc2ccc(-n3cc4ccc(CO)cc4c3O)cc21. The molecule has 0 aliphatic heterocycles. The summed E-state index contributed by atoms with van der Waals surface area (Å²) in [6, 6.07) is 15.5. The molecule has 0 aliphatic carbocycles. The fraction of sp³-hybridized carbons (Fsp3) is 0.105. The molecule has 0 radical (unpaired) electrons. The Bertz CT molecular complexity index is 1100. The lowest BCUT2D eigenvalue weighted by Gasteiger charge is -2.07. The third-order valence-electron chi connectivity index (χ3n) is 4.31. The molecule has 0 bridgehead atoms. The molecule has 2 N–H and O–H groups in total. The van der Waals surface area contributed by atoms with Crippen LogP contribution in [0.2, 0.25) is 0 Å². The first-order valence-electron chi connectivity index (χ1n) is 7.61. The molecule has 5 heteroatoms. The molecule has 0 saturated heterocycles. The van der Waals surface area contributed by atoms with E-state index in [2.05, 4.69) is 6.07 Å². The average molecular weight is 317 g/mol. The smallest absolute Gasteiger partial charge is 0.203 e. The minimum atomic E-state index is -0.0613. The molecule has 4 rings (SSSR count). The van der Waals surface area contributed by atoms with Crippen molar-refractivity contribution >= 4 is 21.7 Å². The minimum absolute atomic E-state index is 0.0613. The summed E-state index contributed by atoms with van der Waals surface area (Å²) < 4.78 is 3.60. The highest BCUT2D eigenvalue weighted by atomic mass is 16.3. The Hall–Kier alpha value is -3.23. The number of hydrogen-bond donors (Lipinski definition) is 2. The fourth-order valence-corrected chi connectivity index (χ4v) is 3.07. The van der Waals surface area contributed by atoms with Crippen LogP contribution in [0.15, 0.2) is 54.9 Å². The van der Waals surface area contributed by atoms with Gasteiger partial charge in [0.2, 0.25) is 5.88 Å². The van der Waals surface area contributed by atoms with E-state index in [0.29, 0.717) is 5.39 Å². The summed E-state index contributed by atoms with van der Waals surface area (Å²) in [5.41, 5.74) is 2.52. The van der Waals surface area contributed by atoms with Gasteiger partial charge in [-0.15, -0.1) is 0 Å². The predicted molar refractivity (Wildman–Crippen MR) is 92.0 cm³/mol. The van der Waals surface area contributed by atoms with Gasteiger partial charge in [0.1, 0.15) is 6.54 Å². The van der Waals surface area contributed by atoms with E-state index in [-0.39, 0.29) is 19.0 Å². The van der Waals surface area contributed by atoms with Gasteiger partial charge in [-0.3, -0.25) is 4.57 Å². The van der Waals surface area contributed by atoms with Crippen molar-refractivity contribution in [2.75, 3.05) is 0 Å². The number of nitrogens with zero attached hydrogens (tertiary/aromatic N) is 3. The highest BCUT2D eigenvalue weighted by molar-refractivity contribution is 5.90. The van der Waals surface area contributed by atoms with Gasteiger partial charge in [0.15, 0.2) is 0 Å². The fourth-order valence-electron chi connectivity index (χ4n) is 3.07. The molecule has 5 nitrogen and oxygen atoms in total. The number of aliphatic hydroxyl groups is 1. The molecule has 24 heavy (non-hydrogen) atoms. The van der Waals surface area contributed by atoms with Gasteiger partial charge >= 0.3 is 0 Å². The number of aromatic hydroxyl groups is 1. The maximum Gasteiger partial charge on any atom is 0.203 e. The second-order valence-corrected chi connectivity index (χ2v) is 5.75. The van der Waals surface area contributed by atoms with Crippen molar-refractivity contribution in [3.63, 3.8) is 0 Å². The van der Waals surface area contributed by atoms with Crippen LogP contribution in [0.4, 0.5) is 0 Å². The van der Waals surface area contributed by atoms with E-state index in [1.165, 1.54) is 0 Å². The first-order valence-corrected chi connectivity index (χ1v) is 7.61. The summed E-state index contributed by atoms with van der Waals surface area (Å²) in [5.74, 6) is 0.137. The number of nitriles is 1. The lowest BCUT2D eigenvalue weighted by molar-refractivity contribution is 0.282. The van der Waals surface area contributed by atoms with Crippen LogP contribution < -0.4 is 0 Å². The van der Waals surface area contributed by atoms with E-state index < -0.39 is 0 Å². The summed E-state index contributed by atoms with van der Waals surface area (Å²) in [4.78, 5) is 0. The minimum Gasteiger partial charge on any atom is -0.494 e. The van der Waals surface area contributed by atoms with Crippen LogP contribution in [0.25, 0.3) is 27.4 Å². The summed E-state index contributed by atoms with van der Waals surface area (Å²) in [6.45, 7) is 0.223. The normalized spacial score (nSPS) is 11.2. The summed E-state index contributed by atoms with van der Waals surface area (Å²) in [7, 11) is 0. The molecule has 0 spiro atoms. The van der Waals surface area contributed by atoms with E-state index in [1.54, 1.807) is 10.6 Å². The molecule has 4 aromatic rings. The van der Waals surface area contributed by atoms with Gasteiger partial charge in [0.05, 0.1) is 23.9 Å². The molecular weight excluding hydrogens is 302 g/mol. The lowest BCUT2D eigenvalue weighted by Crippen LogP contribution is -1.95. The number of hydrogen-bond acceptors (Lipinski definition) is 3. The summed E-state index contributed by atoms with van der Waals surface area (Å²) in [6.07, 6.45) is 3.75. The molecule has 0 unspecified atom stereocenters. The third kappa shape index (κ3) is 2.13. The Morgan fingerprint density at radius 1 is 1.04 bits per heavy atom. The van der Waals surface area contributed by atoms with Crippen molar-refractivity contribution in [1.29, 1.82) is 5.26 Å². The maximum absolute atomic E-state index is 10.6. The van der Waals surface area contributed by atoms with Crippen LogP contribution in [0, 0.1) is 11.3 Å². The topological polar surface area (TPSA) is 74.1 Å². The Morgan fingerprint density at radius 3 is 2.67 bits per heavy atom. The van der Waals surface area contributed by atoms with Crippen LogP contribution in [-0.2, 0) is 13.2 Å². The zero-order chi connectivity index (χ0) is 16.7. The van der Waals surface area contributed by atoms with Gasteiger partial charge in [-0.2, -0.15) is 5.26 Å². The van der Waals surface area contributed by atoms with Crippen LogP contribution in [0.3, 0.4) is 0 Å². The lowest BCUT2D eigenvalue weighted by atomic mass is 10.1. The Kier molecular flexibility index (Phi) is 3.26. The molecule has 0 saturated carbocycles. The Morgan fingerprint density at radius 2 is 1.88 bits per heavy atom. The van der Waals surface area contributed by atoms with E-state index in [0.717, 1.165) is 27.5 Å². The average Bonchev–Trinajstić information content (AvgIpc) is 3.16. The number of benzene rings is 2. The van der Waals surface area contributed by atoms with E-state index in [9.17, 15) is 10.2 Å². The quantitative estimate of drug-likeness (QED) is 0.609. The molecule has 0 aliphatic rings. The van der Waals surface area contributed by atoms with Crippen molar-refractivity contribution in [3.05, 3.63) is 60.4 Å². The van der Waals surface area contributed by atoms with Crippen LogP contribution in [-0.4, -0.2) is 19.3 Å². The zero-order valence-electron chi connectivity index (χ0n) is 12.8. The van der Waals surface area contributed by atoms with Crippen molar-refractivity contribution < 1.29 is 10.2 Å². The highest BCUT2D eigenvalue weighted by Crippen LogP contribution is 2.32. The molecule has 0 atom stereocenters. The second kappa shape index (κ2) is 5.44. The Balaban J connectivity index is 1.90. The Labute approximate surface area is 138 Å². The van der Waals surface area contributed by atoms with Gasteiger partial charge < -0.3 is 14.8 Å². The number of aliphatic hydroxyl groups excluding tert-OH is 1. The molecule has 2 aromatic carbocycles. The first-order chi connectivity index (χ1) is 11.7. The van der Waals surface area contributed by atoms with E-state index in [4.69, 9.17) is 5.26 Å². The largest absolute Gasteiger partial charge is 0.494 e. The summed E-state index contributed by atoms with van der Waals surface area (Å²) in [5, 5.41) is 31.4. The number of aromatic nitrogens is 2. The zero-order valence-corrected chi connectivity index (χ0v) is 12.8. The first kappa shape index (κ1) is 14.4. The van der Waals surface area contributed by atoms with Gasteiger partial charge in [0, 0.05) is 23.2 Å². The predicted octanol–water partition coefficient (Wildman–Crippen LogP) is 3.31. The number of rotatable bonds is 3. The molecular formula is C19H15N3O2. The van der Waals surface area contributed by atoms with Crippen molar-refractivity contribution in [2.24, 2.45) is 0 Å². The highest BCUT2D eigenvalue weighted by Gasteiger charge is 2.11. The van der Waals surface area contributed by atoms with Gasteiger partial charge in [0.25, 0.3) is 0 Å². The van der Waals surface area contributed by atoms with Crippen LogP contribution in [0.5, 0.6) is 5.88 Å². The standard InChI is InChI=1S/C19H15N3O2/c20-6-8-21-7-5-14-3-4-16(10-18(14)21)22-11-15-2-1-13(12-23)9-17(15)19(22)24/h1-5,7,9-11,23-24H,8,12H2. The van der Waals surface area contributed by atoms with Gasteiger partial charge in [-0.25, -0.2) is 0 Å². The maximum atomic E-state index is 10.6. The molecule has 0 amide bonds. The van der Waals surface area contributed by atoms with Crippen molar-refractivity contribution in [1.82, 2.24) is 9.13 Å². The van der Waals surface area contributed by atoms with Crippen molar-refractivity contribution in [3.8, 4) is 17.6 Å². The monoisotopic (exact) mass is 317 g/mol. The number of fused-ring (bicyclic) bond motifs is 2. The molecule has 118 valence electrons. The molecule has 0 fully saturated rings. The van der Waals surface area contributed by atoms with E-state index >= 15 is 0 Å². The van der Waals surface area contributed by atoms with Crippen LogP contribution >= 0.6 is 0 Å². The molecule has 2 heterocycles. The summed E-state index contributed by atoms with van der Waals surface area (Å²) >= 11 is 0. The van der Waals surface area contributed by atoms with Crippen LogP contribution in [0.1, 0.15) is 5.56 Å². The van der Waals surface area contributed by atoms with E-state index in [1.807, 2.05) is 53.4 Å².